The summed E-state index contributed by atoms with van der Waals surface area (Å²) in [6.07, 6.45) is 1.73. The first kappa shape index (κ1) is 15.7. The molecule has 0 saturated carbocycles. The fourth-order valence-electron chi connectivity index (χ4n) is 2.51. The lowest BCUT2D eigenvalue weighted by molar-refractivity contribution is 0.627. The van der Waals surface area contributed by atoms with Crippen LogP contribution in [0.25, 0.3) is 5.69 Å². The highest BCUT2D eigenvalue weighted by atomic mass is 32.2. The molecule has 118 valence electrons. The van der Waals surface area contributed by atoms with Gasteiger partial charge in [0.25, 0.3) is 0 Å². The molecule has 0 aliphatic rings. The summed E-state index contributed by atoms with van der Waals surface area (Å²) in [5.74, 6) is -0.218. The van der Waals surface area contributed by atoms with Gasteiger partial charge in [0.15, 0.2) is 5.16 Å². The van der Waals surface area contributed by atoms with E-state index >= 15 is 0 Å². The largest absolute Gasteiger partial charge is 0.276 e. The molecule has 2 aromatic carbocycles. The van der Waals surface area contributed by atoms with Crippen LogP contribution >= 0.6 is 11.8 Å². The summed E-state index contributed by atoms with van der Waals surface area (Å²) < 4.78 is 15.1. The van der Waals surface area contributed by atoms with Crippen LogP contribution in [0.1, 0.15) is 28.9 Å². The molecule has 0 aliphatic carbocycles. The Bertz CT molecular complexity index is 811. The maximum atomic E-state index is 13.1. The number of rotatable bonds is 4. The second kappa shape index (κ2) is 6.54. The zero-order valence-corrected chi connectivity index (χ0v) is 14.1. The zero-order chi connectivity index (χ0) is 16.4. The highest BCUT2D eigenvalue weighted by Crippen LogP contribution is 2.34. The van der Waals surface area contributed by atoms with E-state index in [1.165, 1.54) is 23.3 Å². The van der Waals surface area contributed by atoms with Crippen LogP contribution < -0.4 is 0 Å². The maximum Gasteiger partial charge on any atom is 0.196 e. The highest BCUT2D eigenvalue weighted by Gasteiger charge is 2.14. The second-order valence-corrected chi connectivity index (χ2v) is 6.89. The molecule has 0 radical (unpaired) electrons. The monoisotopic (exact) mass is 327 g/mol. The topological polar surface area (TPSA) is 30.7 Å². The van der Waals surface area contributed by atoms with Gasteiger partial charge in [-0.15, -0.1) is 10.2 Å². The van der Waals surface area contributed by atoms with E-state index in [4.69, 9.17) is 0 Å². The van der Waals surface area contributed by atoms with Crippen LogP contribution in [-0.2, 0) is 0 Å². The lowest BCUT2D eigenvalue weighted by atomic mass is 10.1. The average Bonchev–Trinajstić information content (AvgIpc) is 2.96. The van der Waals surface area contributed by atoms with E-state index in [0.717, 1.165) is 16.4 Å². The van der Waals surface area contributed by atoms with Gasteiger partial charge < -0.3 is 0 Å². The molecule has 3 aromatic rings. The Balaban J connectivity index is 1.87. The molecule has 0 amide bonds. The molecule has 1 unspecified atom stereocenters. The van der Waals surface area contributed by atoms with Crippen molar-refractivity contribution in [2.24, 2.45) is 0 Å². The van der Waals surface area contributed by atoms with Gasteiger partial charge in [0.1, 0.15) is 12.1 Å². The minimum atomic E-state index is -0.218. The van der Waals surface area contributed by atoms with Crippen LogP contribution in [0.15, 0.2) is 53.9 Å². The molecule has 0 bridgehead atoms. The molecule has 0 saturated heterocycles. The number of aryl methyl sites for hydroxylation is 2. The number of halogens is 1. The molecule has 0 fully saturated rings. The predicted octanol–water partition coefficient (Wildman–Crippen LogP) is 4.88. The minimum Gasteiger partial charge on any atom is -0.276 e. The summed E-state index contributed by atoms with van der Waals surface area (Å²) in [5, 5.41) is 9.28. The molecule has 3 nitrogen and oxygen atoms in total. The molecule has 5 heteroatoms. The number of benzene rings is 2. The van der Waals surface area contributed by atoms with Crippen LogP contribution in [0.4, 0.5) is 4.39 Å². The standard InChI is InChI=1S/C18H18FN3S/c1-12-4-9-17(13(2)10-12)22-11-20-21-18(22)23-14(3)15-5-7-16(19)8-6-15/h4-11,14H,1-3H3. The molecule has 3 rings (SSSR count). The lowest BCUT2D eigenvalue weighted by Crippen LogP contribution is -2.00. The highest BCUT2D eigenvalue weighted by molar-refractivity contribution is 7.99. The summed E-state index contributed by atoms with van der Waals surface area (Å²) in [5.41, 5.74) is 4.55. The normalized spacial score (nSPS) is 12.3. The van der Waals surface area contributed by atoms with E-state index in [-0.39, 0.29) is 11.1 Å². The fourth-order valence-corrected chi connectivity index (χ4v) is 3.47. The van der Waals surface area contributed by atoms with Gasteiger partial charge >= 0.3 is 0 Å². The van der Waals surface area contributed by atoms with Gasteiger partial charge in [-0.25, -0.2) is 4.39 Å². The molecule has 0 spiro atoms. The average molecular weight is 327 g/mol. The number of aromatic nitrogens is 3. The molecule has 1 aromatic heterocycles. The zero-order valence-electron chi connectivity index (χ0n) is 13.3. The summed E-state index contributed by atoms with van der Waals surface area (Å²) in [7, 11) is 0. The van der Waals surface area contributed by atoms with E-state index in [1.54, 1.807) is 18.1 Å². The van der Waals surface area contributed by atoms with Gasteiger partial charge in [-0.05, 0) is 50.1 Å². The number of hydrogen-bond donors (Lipinski definition) is 0. The van der Waals surface area contributed by atoms with Crippen LogP contribution in [0.2, 0.25) is 0 Å². The second-order valence-electron chi connectivity index (χ2n) is 5.59. The van der Waals surface area contributed by atoms with E-state index < -0.39 is 0 Å². The molecule has 0 N–H and O–H groups in total. The summed E-state index contributed by atoms with van der Waals surface area (Å²) >= 11 is 1.61. The van der Waals surface area contributed by atoms with E-state index in [0.29, 0.717) is 0 Å². The first-order valence-corrected chi connectivity index (χ1v) is 8.32. The lowest BCUT2D eigenvalue weighted by Gasteiger charge is -2.14. The van der Waals surface area contributed by atoms with E-state index in [2.05, 4.69) is 49.2 Å². The van der Waals surface area contributed by atoms with E-state index in [9.17, 15) is 4.39 Å². The first-order chi connectivity index (χ1) is 11.0. The number of thioether (sulfide) groups is 1. The summed E-state index contributed by atoms with van der Waals surface area (Å²) in [6.45, 7) is 6.24. The molecular weight excluding hydrogens is 309 g/mol. The van der Waals surface area contributed by atoms with Crippen molar-refractivity contribution in [1.82, 2.24) is 14.8 Å². The van der Waals surface area contributed by atoms with Crippen molar-refractivity contribution < 1.29 is 4.39 Å². The van der Waals surface area contributed by atoms with Gasteiger partial charge in [-0.1, -0.05) is 41.6 Å². The third-order valence-electron chi connectivity index (χ3n) is 3.75. The van der Waals surface area contributed by atoms with Crippen LogP contribution in [0.3, 0.4) is 0 Å². The van der Waals surface area contributed by atoms with Crippen molar-refractivity contribution in [1.29, 1.82) is 0 Å². The van der Waals surface area contributed by atoms with Gasteiger partial charge in [-0.3, -0.25) is 4.57 Å². The fraction of sp³-hybridized carbons (Fsp3) is 0.222. The van der Waals surface area contributed by atoms with Crippen LogP contribution in [0, 0.1) is 19.7 Å². The van der Waals surface area contributed by atoms with Crippen molar-refractivity contribution in [2.75, 3.05) is 0 Å². The van der Waals surface area contributed by atoms with Gasteiger partial charge in [0.2, 0.25) is 0 Å². The Hall–Kier alpha value is -2.14. The quantitative estimate of drug-likeness (QED) is 0.640. The smallest absolute Gasteiger partial charge is 0.196 e. The SMILES string of the molecule is Cc1ccc(-n2cnnc2SC(C)c2ccc(F)cc2)c(C)c1. The summed E-state index contributed by atoms with van der Waals surface area (Å²) in [4.78, 5) is 0. The predicted molar refractivity (Wildman–Crippen MR) is 91.5 cm³/mol. The van der Waals surface area contributed by atoms with Gasteiger partial charge in [-0.2, -0.15) is 0 Å². The number of hydrogen-bond acceptors (Lipinski definition) is 3. The van der Waals surface area contributed by atoms with Crippen molar-refractivity contribution in [3.8, 4) is 5.69 Å². The van der Waals surface area contributed by atoms with Crippen molar-refractivity contribution in [3.05, 3.63) is 71.3 Å². The Morgan fingerprint density at radius 1 is 1.09 bits per heavy atom. The van der Waals surface area contributed by atoms with Crippen LogP contribution in [0.5, 0.6) is 0 Å². The third kappa shape index (κ3) is 3.45. The molecule has 23 heavy (non-hydrogen) atoms. The Kier molecular flexibility index (Phi) is 4.48. The molecular formula is C18H18FN3S. The van der Waals surface area contributed by atoms with Gasteiger partial charge in [0.05, 0.1) is 5.69 Å². The maximum absolute atomic E-state index is 13.1. The molecule has 0 aliphatic heterocycles. The Morgan fingerprint density at radius 3 is 2.52 bits per heavy atom. The Morgan fingerprint density at radius 2 is 1.83 bits per heavy atom. The summed E-state index contributed by atoms with van der Waals surface area (Å²) in [6, 6.07) is 12.9. The number of nitrogens with zero attached hydrogens (tertiary/aromatic N) is 3. The molecule has 1 heterocycles. The first-order valence-electron chi connectivity index (χ1n) is 7.44. The van der Waals surface area contributed by atoms with Crippen molar-refractivity contribution >= 4 is 11.8 Å². The van der Waals surface area contributed by atoms with Crippen LogP contribution in [-0.4, -0.2) is 14.8 Å². The van der Waals surface area contributed by atoms with Crippen molar-refractivity contribution in [2.45, 2.75) is 31.2 Å². The van der Waals surface area contributed by atoms with E-state index in [1.807, 2.05) is 16.7 Å². The van der Waals surface area contributed by atoms with Gasteiger partial charge in [0, 0.05) is 5.25 Å². The Labute approximate surface area is 139 Å². The van der Waals surface area contributed by atoms with Crippen molar-refractivity contribution in [3.63, 3.8) is 0 Å². The third-order valence-corrected chi connectivity index (χ3v) is 4.86. The molecule has 1 atom stereocenters. The minimum absolute atomic E-state index is 0.157.